The van der Waals surface area contributed by atoms with Crippen LogP contribution in [0.15, 0.2) is 53.3 Å². The molecule has 1 N–H and O–H groups in total. The fourth-order valence-corrected chi connectivity index (χ4v) is 6.48. The van der Waals surface area contributed by atoms with E-state index in [4.69, 9.17) is 9.31 Å². The number of pyridine rings is 1. The molecule has 12 nitrogen and oxygen atoms in total. The first-order chi connectivity index (χ1) is 25.9. The Hall–Kier alpha value is -5.24. The molecule has 3 aromatic heterocycles. The molecule has 5 heterocycles. The van der Waals surface area contributed by atoms with Gasteiger partial charge in [-0.3, -0.25) is 19.1 Å². The van der Waals surface area contributed by atoms with Gasteiger partial charge in [-0.25, -0.2) is 13.5 Å². The minimum absolute atomic E-state index is 0.0336. The second-order valence-corrected chi connectivity index (χ2v) is 15.2. The summed E-state index contributed by atoms with van der Waals surface area (Å²) in [6.45, 7) is 6.09. The minimum atomic E-state index is -4.85. The molecule has 0 spiro atoms. The topological polar surface area (TPSA) is 126 Å². The lowest BCUT2D eigenvalue weighted by Crippen LogP contribution is -2.52. The van der Waals surface area contributed by atoms with Crippen LogP contribution in [0.3, 0.4) is 0 Å². The van der Waals surface area contributed by atoms with Crippen molar-refractivity contribution in [3.63, 3.8) is 0 Å². The van der Waals surface area contributed by atoms with E-state index in [1.54, 1.807) is 27.7 Å². The van der Waals surface area contributed by atoms with E-state index in [0.717, 1.165) is 34.1 Å². The number of fused-ring (bicyclic) bond motifs is 1. The molecule has 56 heavy (non-hydrogen) atoms. The first-order valence-electron chi connectivity index (χ1n) is 17.3. The summed E-state index contributed by atoms with van der Waals surface area (Å²) in [7, 11) is 0.111. The third kappa shape index (κ3) is 7.63. The SMILES string of the molecule is Cn1cc(-c2cc(C(F)(F)F)nn2CC(C)(C)NC(=O)/C(=C\c2cnn(C(F)F)c2)N2CCc3c(B4OC(C)(C)C(C)(C)O4)c(F)cc(F)c3C2=O)ccc1=O. The second kappa shape index (κ2) is 14.1. The summed E-state index contributed by atoms with van der Waals surface area (Å²) < 4.78 is 114. The predicted molar refractivity (Wildman–Crippen MR) is 188 cm³/mol. The third-order valence-corrected chi connectivity index (χ3v) is 10.0. The van der Waals surface area contributed by atoms with Crippen molar-refractivity contribution in [2.45, 2.75) is 84.0 Å². The van der Waals surface area contributed by atoms with Gasteiger partial charge in [-0.05, 0) is 71.7 Å². The van der Waals surface area contributed by atoms with Crippen molar-refractivity contribution in [2.24, 2.45) is 7.05 Å². The number of nitrogens with one attached hydrogen (secondary N) is 1. The number of aromatic nitrogens is 5. The van der Waals surface area contributed by atoms with Crippen LogP contribution in [0.4, 0.5) is 30.7 Å². The van der Waals surface area contributed by atoms with Crippen LogP contribution >= 0.6 is 0 Å². The van der Waals surface area contributed by atoms with E-state index in [9.17, 15) is 36.3 Å². The zero-order valence-corrected chi connectivity index (χ0v) is 31.3. The van der Waals surface area contributed by atoms with Crippen LogP contribution in [0, 0.1) is 11.6 Å². The number of rotatable bonds is 9. The smallest absolute Gasteiger partial charge is 0.399 e. The zero-order chi connectivity index (χ0) is 41.3. The molecule has 4 aromatic rings. The highest BCUT2D eigenvalue weighted by atomic mass is 19.4. The molecular weight excluding hydrogens is 754 g/mol. The van der Waals surface area contributed by atoms with E-state index in [1.807, 2.05) is 0 Å². The largest absolute Gasteiger partial charge is 0.498 e. The lowest BCUT2D eigenvalue weighted by Gasteiger charge is -2.34. The average Bonchev–Trinajstić information content (AvgIpc) is 3.76. The van der Waals surface area contributed by atoms with Crippen LogP contribution in [-0.2, 0) is 40.3 Å². The fourth-order valence-electron chi connectivity index (χ4n) is 6.48. The van der Waals surface area contributed by atoms with Crippen molar-refractivity contribution in [3.8, 4) is 11.3 Å². The number of nitrogens with zero attached hydrogens (tertiary/aromatic N) is 6. The summed E-state index contributed by atoms with van der Waals surface area (Å²) in [5.41, 5.74) is -6.05. The molecule has 0 unspecified atom stereocenters. The third-order valence-electron chi connectivity index (χ3n) is 10.0. The Labute approximate surface area is 316 Å². The normalized spacial score (nSPS) is 17.2. The van der Waals surface area contributed by atoms with Crippen LogP contribution in [0.1, 0.15) is 75.3 Å². The van der Waals surface area contributed by atoms with Gasteiger partial charge < -0.3 is 24.1 Å². The van der Waals surface area contributed by atoms with E-state index >= 15 is 8.78 Å². The van der Waals surface area contributed by atoms with Gasteiger partial charge in [-0.1, -0.05) is 0 Å². The molecule has 0 aliphatic carbocycles. The maximum atomic E-state index is 15.6. The van der Waals surface area contributed by atoms with Gasteiger partial charge in [-0.15, -0.1) is 0 Å². The molecule has 1 saturated heterocycles. The van der Waals surface area contributed by atoms with Crippen molar-refractivity contribution in [1.29, 1.82) is 0 Å². The van der Waals surface area contributed by atoms with E-state index in [-0.39, 0.29) is 47.4 Å². The van der Waals surface area contributed by atoms with Crippen molar-refractivity contribution in [1.82, 2.24) is 34.3 Å². The molecule has 0 saturated carbocycles. The second-order valence-electron chi connectivity index (χ2n) is 15.2. The summed E-state index contributed by atoms with van der Waals surface area (Å²) in [5.74, 6) is -4.32. The lowest BCUT2D eigenvalue weighted by atomic mass is 9.72. The number of amides is 2. The van der Waals surface area contributed by atoms with E-state index in [1.165, 1.54) is 43.8 Å². The molecule has 6 rings (SSSR count). The van der Waals surface area contributed by atoms with Crippen molar-refractivity contribution < 1.29 is 49.6 Å². The van der Waals surface area contributed by atoms with Crippen molar-refractivity contribution >= 4 is 30.5 Å². The summed E-state index contributed by atoms with van der Waals surface area (Å²) in [4.78, 5) is 41.3. The van der Waals surface area contributed by atoms with Crippen molar-refractivity contribution in [3.05, 3.63) is 92.9 Å². The van der Waals surface area contributed by atoms with Gasteiger partial charge in [0, 0.05) is 54.7 Å². The maximum Gasteiger partial charge on any atom is 0.498 e. The van der Waals surface area contributed by atoms with Crippen LogP contribution < -0.4 is 16.3 Å². The highest BCUT2D eigenvalue weighted by molar-refractivity contribution is 6.63. The van der Waals surface area contributed by atoms with Gasteiger partial charge in [0.2, 0.25) is 5.56 Å². The molecule has 0 bridgehead atoms. The Bertz CT molecular complexity index is 2300. The van der Waals surface area contributed by atoms with Gasteiger partial charge in [0.05, 0.1) is 40.7 Å². The Balaban J connectivity index is 1.37. The van der Waals surface area contributed by atoms with Crippen LogP contribution in [0.25, 0.3) is 17.3 Å². The molecule has 0 radical (unpaired) electrons. The minimum Gasteiger partial charge on any atom is -0.399 e. The Morgan fingerprint density at radius 2 is 1.70 bits per heavy atom. The number of benzene rings is 1. The Kier molecular flexibility index (Phi) is 10.1. The van der Waals surface area contributed by atoms with E-state index in [0.29, 0.717) is 10.7 Å². The van der Waals surface area contributed by atoms with Gasteiger partial charge in [0.15, 0.2) is 5.69 Å². The highest BCUT2D eigenvalue weighted by Gasteiger charge is 2.54. The Morgan fingerprint density at radius 3 is 2.29 bits per heavy atom. The van der Waals surface area contributed by atoms with E-state index in [2.05, 4.69) is 15.5 Å². The summed E-state index contributed by atoms with van der Waals surface area (Å²) >= 11 is 0. The number of carbonyl (C=O) groups excluding carboxylic acids is 2. The van der Waals surface area contributed by atoms with Crippen LogP contribution in [0.2, 0.25) is 0 Å². The molecule has 0 atom stereocenters. The van der Waals surface area contributed by atoms with Gasteiger partial charge >= 0.3 is 19.8 Å². The molecule has 1 aromatic carbocycles. The number of aryl methyl sites for hydroxylation is 1. The quantitative estimate of drug-likeness (QED) is 0.143. The van der Waals surface area contributed by atoms with Gasteiger partial charge in [0.25, 0.3) is 11.8 Å². The summed E-state index contributed by atoms with van der Waals surface area (Å²) in [6.07, 6.45) is -0.748. The monoisotopic (exact) mass is 791 g/mol. The number of hydrogen-bond donors (Lipinski definition) is 1. The van der Waals surface area contributed by atoms with Crippen molar-refractivity contribution in [2.75, 3.05) is 6.54 Å². The number of alkyl halides is 5. The number of hydrogen-bond acceptors (Lipinski definition) is 7. The van der Waals surface area contributed by atoms with Crippen LogP contribution in [0.5, 0.6) is 0 Å². The Morgan fingerprint density at radius 1 is 1.04 bits per heavy atom. The summed E-state index contributed by atoms with van der Waals surface area (Å²) in [6, 6.07) is 3.80. The van der Waals surface area contributed by atoms with E-state index < -0.39 is 82.5 Å². The first kappa shape index (κ1) is 40.4. The summed E-state index contributed by atoms with van der Waals surface area (Å²) in [5, 5.41) is 9.98. The van der Waals surface area contributed by atoms with Gasteiger partial charge in [-0.2, -0.15) is 32.1 Å². The number of halogens is 7. The lowest BCUT2D eigenvalue weighted by molar-refractivity contribution is -0.141. The molecule has 20 heteroatoms. The molecule has 2 aliphatic heterocycles. The van der Waals surface area contributed by atoms with Crippen LogP contribution in [-0.4, -0.2) is 71.2 Å². The predicted octanol–water partition coefficient (Wildman–Crippen LogP) is 5.07. The molecule has 2 amide bonds. The van der Waals surface area contributed by atoms with Gasteiger partial charge in [0.1, 0.15) is 17.3 Å². The fraction of sp³-hybridized carbons (Fsp3) is 0.417. The molecule has 1 fully saturated rings. The molecular formula is C36H37BF7N7O5. The zero-order valence-electron chi connectivity index (χ0n) is 31.3. The highest BCUT2D eigenvalue weighted by Crippen LogP contribution is 2.38. The first-order valence-corrected chi connectivity index (χ1v) is 17.3. The molecule has 2 aliphatic rings. The molecule has 298 valence electrons. The standard InChI is InChI=1S/C36H37BF7N7O5/c1-33(2,18-51-24(14-26(47-51)36(42,43)44)20-8-9-27(52)48(7)17-20)46-30(53)25(12-19-15-45-50(16-19)32(40)41)49-11-10-21-28(31(49)54)22(38)13-23(39)29(21)37-55-34(3,4)35(5,6)56-37/h8-9,12-17,32H,10-11,18H2,1-7H3,(H,46,53)/b25-12+. The maximum absolute atomic E-state index is 15.6. The number of carbonyl (C=O) groups is 2. The average molecular weight is 792 g/mol.